The van der Waals surface area contributed by atoms with Gasteiger partial charge < -0.3 is 14.3 Å². The Morgan fingerprint density at radius 3 is 2.16 bits per heavy atom. The van der Waals surface area contributed by atoms with E-state index < -0.39 is 0 Å². The predicted molar refractivity (Wildman–Crippen MR) is 123 cm³/mol. The fraction of sp³-hybridized carbons (Fsp3) is 0.417. The van der Waals surface area contributed by atoms with Crippen molar-refractivity contribution in [2.45, 2.75) is 38.5 Å². The smallest absolute Gasteiger partial charge is 0.226 e. The maximum absolute atomic E-state index is 12.5. The lowest BCUT2D eigenvalue weighted by atomic mass is 10.1. The van der Waals surface area contributed by atoms with E-state index in [1.807, 2.05) is 45.5 Å². The van der Waals surface area contributed by atoms with Gasteiger partial charge in [0.25, 0.3) is 0 Å². The molecule has 0 N–H and O–H groups in total. The molecule has 2 aromatic heterocycles. The molecule has 0 spiro atoms. The first-order valence-electron chi connectivity index (χ1n) is 11.1. The quantitative estimate of drug-likeness (QED) is 0.493. The highest BCUT2D eigenvalue weighted by Gasteiger charge is 2.23. The van der Waals surface area contributed by atoms with E-state index in [4.69, 9.17) is 4.52 Å². The minimum Gasteiger partial charge on any atom is -0.339 e. The van der Waals surface area contributed by atoms with E-state index in [2.05, 4.69) is 22.3 Å². The molecule has 1 aliphatic rings. The van der Waals surface area contributed by atoms with Gasteiger partial charge in [-0.3, -0.25) is 9.59 Å². The Labute approximate surface area is 192 Å². The molecule has 1 aromatic carbocycles. The SMILES string of the molecule is O=C(CCCc1ccccc1)N1CCN(C(=O)CCCc2nc(-c3cccs3)no2)CC1. The number of hydrogen-bond acceptors (Lipinski definition) is 6. The van der Waals surface area contributed by atoms with Crippen molar-refractivity contribution in [2.24, 2.45) is 0 Å². The number of rotatable bonds is 9. The molecule has 3 aromatic rings. The molecule has 0 unspecified atom stereocenters. The van der Waals surface area contributed by atoms with Crippen LogP contribution in [0.5, 0.6) is 0 Å². The zero-order valence-corrected chi connectivity index (χ0v) is 18.9. The van der Waals surface area contributed by atoms with E-state index >= 15 is 0 Å². The molecular formula is C24H28N4O3S. The largest absolute Gasteiger partial charge is 0.339 e. The number of aryl methyl sites for hydroxylation is 2. The number of piperazine rings is 1. The summed E-state index contributed by atoms with van der Waals surface area (Å²) < 4.78 is 5.29. The third-order valence-corrected chi connectivity index (χ3v) is 6.54. The molecule has 0 bridgehead atoms. The molecule has 32 heavy (non-hydrogen) atoms. The standard InChI is InChI=1S/C24H28N4O3S/c29-22(12-4-9-19-7-2-1-3-8-19)27-14-16-28(17-15-27)23(30)13-5-11-21-25-24(26-31-21)20-10-6-18-32-20/h1-3,6-8,10,18H,4-5,9,11-17H2. The van der Waals surface area contributed by atoms with Crippen molar-refractivity contribution < 1.29 is 14.1 Å². The maximum Gasteiger partial charge on any atom is 0.226 e. The average Bonchev–Trinajstić information content (AvgIpc) is 3.52. The second-order valence-corrected chi connectivity index (χ2v) is 8.89. The zero-order chi connectivity index (χ0) is 22.2. The molecule has 1 saturated heterocycles. The Kier molecular flexibility index (Phi) is 7.66. The summed E-state index contributed by atoms with van der Waals surface area (Å²) in [5, 5.41) is 5.98. The summed E-state index contributed by atoms with van der Waals surface area (Å²) >= 11 is 1.57. The van der Waals surface area contributed by atoms with Gasteiger partial charge in [0.2, 0.25) is 23.5 Å². The summed E-state index contributed by atoms with van der Waals surface area (Å²) in [6.07, 6.45) is 4.03. The van der Waals surface area contributed by atoms with Crippen molar-refractivity contribution in [3.63, 3.8) is 0 Å². The number of amides is 2. The van der Waals surface area contributed by atoms with Crippen LogP contribution in [-0.4, -0.2) is 57.9 Å². The minimum absolute atomic E-state index is 0.124. The van der Waals surface area contributed by atoms with Crippen LogP contribution in [0.4, 0.5) is 0 Å². The van der Waals surface area contributed by atoms with Gasteiger partial charge in [-0.1, -0.05) is 41.6 Å². The fourth-order valence-corrected chi connectivity index (χ4v) is 4.51. The fourth-order valence-electron chi connectivity index (χ4n) is 3.86. The van der Waals surface area contributed by atoms with Crippen molar-refractivity contribution in [1.29, 1.82) is 0 Å². The highest BCUT2D eigenvalue weighted by molar-refractivity contribution is 7.13. The Morgan fingerprint density at radius 2 is 1.53 bits per heavy atom. The second-order valence-electron chi connectivity index (χ2n) is 7.94. The lowest BCUT2D eigenvalue weighted by Crippen LogP contribution is -2.50. The number of aromatic nitrogens is 2. The van der Waals surface area contributed by atoms with Crippen molar-refractivity contribution in [3.8, 4) is 10.7 Å². The predicted octanol–water partition coefficient (Wildman–Crippen LogP) is 3.81. The molecule has 4 rings (SSSR count). The highest BCUT2D eigenvalue weighted by atomic mass is 32.1. The normalized spacial score (nSPS) is 14.0. The van der Waals surface area contributed by atoms with Crippen LogP contribution in [0.15, 0.2) is 52.4 Å². The summed E-state index contributed by atoms with van der Waals surface area (Å²) in [6, 6.07) is 14.1. The lowest BCUT2D eigenvalue weighted by Gasteiger charge is -2.35. The molecular weight excluding hydrogens is 424 g/mol. The number of carbonyl (C=O) groups is 2. The Morgan fingerprint density at radius 1 is 0.875 bits per heavy atom. The summed E-state index contributed by atoms with van der Waals surface area (Å²) in [4.78, 5) is 34.1. The van der Waals surface area contributed by atoms with E-state index in [0.29, 0.717) is 63.6 Å². The Bertz CT molecular complexity index is 995. The van der Waals surface area contributed by atoms with Gasteiger partial charge in [-0.15, -0.1) is 11.3 Å². The third-order valence-electron chi connectivity index (χ3n) is 5.67. The van der Waals surface area contributed by atoms with Crippen LogP contribution in [0, 0.1) is 0 Å². The number of nitrogens with zero attached hydrogens (tertiary/aromatic N) is 4. The molecule has 0 radical (unpaired) electrons. The molecule has 0 atom stereocenters. The molecule has 2 amide bonds. The first-order chi connectivity index (χ1) is 15.7. The molecule has 168 valence electrons. The first kappa shape index (κ1) is 22.2. The van der Waals surface area contributed by atoms with Gasteiger partial charge >= 0.3 is 0 Å². The van der Waals surface area contributed by atoms with Crippen molar-refractivity contribution >= 4 is 23.2 Å². The topological polar surface area (TPSA) is 79.5 Å². The lowest BCUT2D eigenvalue weighted by molar-refractivity contribution is -0.139. The van der Waals surface area contributed by atoms with Crippen LogP contribution in [-0.2, 0) is 22.4 Å². The summed E-state index contributed by atoms with van der Waals surface area (Å²) in [7, 11) is 0. The van der Waals surface area contributed by atoms with Crippen LogP contribution >= 0.6 is 11.3 Å². The summed E-state index contributed by atoms with van der Waals surface area (Å²) in [5.41, 5.74) is 1.26. The Hall–Kier alpha value is -3.00. The Balaban J connectivity index is 1.13. The van der Waals surface area contributed by atoms with Gasteiger partial charge in [-0.25, -0.2) is 0 Å². The summed E-state index contributed by atoms with van der Waals surface area (Å²) in [6.45, 7) is 2.44. The van der Waals surface area contributed by atoms with Gasteiger partial charge in [0.05, 0.1) is 4.88 Å². The van der Waals surface area contributed by atoms with Crippen LogP contribution in [0.25, 0.3) is 10.7 Å². The third kappa shape index (κ3) is 6.03. The maximum atomic E-state index is 12.5. The van der Waals surface area contributed by atoms with Gasteiger partial charge in [-0.2, -0.15) is 4.98 Å². The molecule has 3 heterocycles. The molecule has 1 aliphatic heterocycles. The van der Waals surface area contributed by atoms with Crippen molar-refractivity contribution in [2.75, 3.05) is 26.2 Å². The van der Waals surface area contributed by atoms with E-state index in [-0.39, 0.29) is 11.8 Å². The zero-order valence-electron chi connectivity index (χ0n) is 18.1. The number of thiophene rings is 1. The van der Waals surface area contributed by atoms with Gasteiger partial charge in [0.15, 0.2) is 0 Å². The van der Waals surface area contributed by atoms with Crippen LogP contribution in [0.3, 0.4) is 0 Å². The number of carbonyl (C=O) groups excluding carboxylic acids is 2. The highest BCUT2D eigenvalue weighted by Crippen LogP contribution is 2.21. The van der Waals surface area contributed by atoms with Crippen molar-refractivity contribution in [1.82, 2.24) is 19.9 Å². The second kappa shape index (κ2) is 11.0. The average molecular weight is 453 g/mol. The minimum atomic E-state index is 0.124. The summed E-state index contributed by atoms with van der Waals surface area (Å²) in [5.74, 6) is 1.48. The van der Waals surface area contributed by atoms with Crippen molar-refractivity contribution in [3.05, 3.63) is 59.3 Å². The number of hydrogen-bond donors (Lipinski definition) is 0. The molecule has 1 fully saturated rings. The molecule has 0 saturated carbocycles. The van der Waals surface area contributed by atoms with Crippen LogP contribution in [0.2, 0.25) is 0 Å². The van der Waals surface area contributed by atoms with E-state index in [1.54, 1.807) is 11.3 Å². The monoisotopic (exact) mass is 452 g/mol. The molecule has 7 nitrogen and oxygen atoms in total. The molecule has 0 aliphatic carbocycles. The van der Waals surface area contributed by atoms with Gasteiger partial charge in [0, 0.05) is 45.4 Å². The van der Waals surface area contributed by atoms with E-state index in [0.717, 1.165) is 17.7 Å². The van der Waals surface area contributed by atoms with Crippen LogP contribution < -0.4 is 0 Å². The van der Waals surface area contributed by atoms with Gasteiger partial charge in [-0.05, 0) is 36.3 Å². The van der Waals surface area contributed by atoms with E-state index in [1.165, 1.54) is 5.56 Å². The van der Waals surface area contributed by atoms with Crippen LogP contribution in [0.1, 0.15) is 37.1 Å². The van der Waals surface area contributed by atoms with E-state index in [9.17, 15) is 9.59 Å². The number of benzene rings is 1. The molecule has 8 heteroatoms. The first-order valence-corrected chi connectivity index (χ1v) is 12.0. The van der Waals surface area contributed by atoms with Gasteiger partial charge in [0.1, 0.15) is 0 Å².